The zero-order valence-electron chi connectivity index (χ0n) is 8.47. The second kappa shape index (κ2) is 4.65. The van der Waals surface area contributed by atoms with E-state index in [-0.39, 0.29) is 0 Å². The Bertz CT molecular complexity index is 491. The van der Waals surface area contributed by atoms with Gasteiger partial charge in [-0.05, 0) is 24.1 Å². The summed E-state index contributed by atoms with van der Waals surface area (Å²) in [7, 11) is 0.907. The molecule has 0 unspecified atom stereocenters. The molecule has 0 radical (unpaired) electrons. The third-order valence-electron chi connectivity index (χ3n) is 2.33. The minimum absolute atomic E-state index is 0.907. The normalized spacial score (nSPS) is 10.5. The molecule has 2 aromatic carbocycles. The number of benzene rings is 2. The molecule has 0 heterocycles. The van der Waals surface area contributed by atoms with Crippen LogP contribution in [0.5, 0.6) is 0 Å². The van der Waals surface area contributed by atoms with Crippen molar-refractivity contribution in [2.75, 3.05) is 0 Å². The monoisotopic (exact) mass is 230 g/mol. The quantitative estimate of drug-likeness (QED) is 0.709. The fourth-order valence-electron chi connectivity index (χ4n) is 1.61. The molecule has 0 aromatic heterocycles. The molecule has 0 bridgehead atoms. The Hall–Kier alpha value is -1.04. The molecule has 0 saturated heterocycles. The van der Waals surface area contributed by atoms with Crippen molar-refractivity contribution in [1.82, 2.24) is 0 Å². The average Bonchev–Trinajstić information content (AvgIpc) is 2.29. The number of aryl methyl sites for hydroxylation is 1. The molecular formula is C13H11PS. The lowest BCUT2D eigenvalue weighted by atomic mass is 10.0. The van der Waals surface area contributed by atoms with E-state index in [0.29, 0.717) is 0 Å². The van der Waals surface area contributed by atoms with E-state index in [0.717, 1.165) is 7.36 Å². The lowest BCUT2D eigenvalue weighted by molar-refractivity contribution is 1.47. The van der Waals surface area contributed by atoms with Crippen LogP contribution in [0.1, 0.15) is 5.56 Å². The van der Waals surface area contributed by atoms with Gasteiger partial charge in [0.2, 0.25) is 0 Å². The third kappa shape index (κ3) is 2.31. The van der Waals surface area contributed by atoms with Gasteiger partial charge in [0.15, 0.2) is 0 Å². The maximum absolute atomic E-state index is 5.11. The lowest BCUT2D eigenvalue weighted by Crippen LogP contribution is -1.96. The van der Waals surface area contributed by atoms with Crippen LogP contribution < -0.4 is 5.30 Å². The van der Waals surface area contributed by atoms with Gasteiger partial charge in [0, 0.05) is 12.7 Å². The highest BCUT2D eigenvalue weighted by Crippen LogP contribution is 2.20. The molecule has 74 valence electrons. The van der Waals surface area contributed by atoms with Gasteiger partial charge < -0.3 is 0 Å². The second-order valence-electron chi connectivity index (χ2n) is 3.48. The Morgan fingerprint density at radius 3 is 2.53 bits per heavy atom. The third-order valence-corrected chi connectivity index (χ3v) is 3.51. The van der Waals surface area contributed by atoms with Gasteiger partial charge in [-0.3, -0.25) is 0 Å². The Labute approximate surface area is 96.8 Å². The van der Waals surface area contributed by atoms with Crippen LogP contribution in [-0.2, 0) is 11.8 Å². The molecule has 0 atom stereocenters. The summed E-state index contributed by atoms with van der Waals surface area (Å²) in [5, 5.41) is 1.21. The van der Waals surface area contributed by atoms with Crippen LogP contribution in [-0.4, -0.2) is 0 Å². The highest BCUT2D eigenvalue weighted by atomic mass is 32.4. The summed E-state index contributed by atoms with van der Waals surface area (Å²) in [4.78, 5) is 0. The maximum Gasteiger partial charge on any atom is 0.0206 e. The Balaban J connectivity index is 2.58. The zero-order chi connectivity index (χ0) is 10.7. The van der Waals surface area contributed by atoms with E-state index in [1.54, 1.807) is 0 Å². The fourth-order valence-corrected chi connectivity index (χ4v) is 2.54. The van der Waals surface area contributed by atoms with Gasteiger partial charge in [-0.1, -0.05) is 59.8 Å². The van der Waals surface area contributed by atoms with Gasteiger partial charge in [-0.15, -0.1) is 0 Å². The molecule has 15 heavy (non-hydrogen) atoms. The standard InChI is InChI=1S/C13H11PS/c1-10-5-4-6-11(9-10)12-7-2-3-8-13(12)14-15/h2-9H,1H3. The summed E-state index contributed by atoms with van der Waals surface area (Å²) in [6.07, 6.45) is 0. The maximum atomic E-state index is 5.11. The first-order valence-corrected chi connectivity index (χ1v) is 6.71. The van der Waals surface area contributed by atoms with Gasteiger partial charge in [0.05, 0.1) is 0 Å². The van der Waals surface area contributed by atoms with E-state index in [1.165, 1.54) is 22.0 Å². The Morgan fingerprint density at radius 2 is 1.80 bits per heavy atom. The fraction of sp³-hybridized carbons (Fsp3) is 0.0769. The molecular weight excluding hydrogens is 219 g/mol. The van der Waals surface area contributed by atoms with Gasteiger partial charge in [0.1, 0.15) is 0 Å². The van der Waals surface area contributed by atoms with E-state index < -0.39 is 0 Å². The van der Waals surface area contributed by atoms with Crippen molar-refractivity contribution >= 4 is 24.5 Å². The molecule has 2 aromatic rings. The average molecular weight is 230 g/mol. The van der Waals surface area contributed by atoms with Crippen molar-refractivity contribution < 1.29 is 0 Å². The molecule has 0 aliphatic carbocycles. The van der Waals surface area contributed by atoms with Gasteiger partial charge >= 0.3 is 0 Å². The van der Waals surface area contributed by atoms with Crippen molar-refractivity contribution in [3.05, 3.63) is 54.1 Å². The molecule has 0 saturated carbocycles. The van der Waals surface area contributed by atoms with Crippen molar-refractivity contribution in [3.63, 3.8) is 0 Å². The summed E-state index contributed by atoms with van der Waals surface area (Å²) < 4.78 is 0. The minimum Gasteiger partial charge on any atom is -0.0616 e. The highest BCUT2D eigenvalue weighted by Gasteiger charge is 2.02. The lowest BCUT2D eigenvalue weighted by Gasteiger charge is -2.05. The van der Waals surface area contributed by atoms with Crippen LogP contribution >= 0.6 is 7.36 Å². The largest absolute Gasteiger partial charge is 0.0616 e. The summed E-state index contributed by atoms with van der Waals surface area (Å²) in [6, 6.07) is 16.8. The molecule has 0 N–H and O–H groups in total. The molecule has 2 heteroatoms. The summed E-state index contributed by atoms with van der Waals surface area (Å²) in [5.74, 6) is 0. The van der Waals surface area contributed by atoms with Crippen LogP contribution in [0, 0.1) is 6.92 Å². The summed E-state index contributed by atoms with van der Waals surface area (Å²) in [5.41, 5.74) is 3.78. The molecule has 0 aliphatic rings. The smallest absolute Gasteiger partial charge is 0.0206 e. The Morgan fingerprint density at radius 1 is 1.00 bits per heavy atom. The van der Waals surface area contributed by atoms with Crippen molar-refractivity contribution in [2.24, 2.45) is 0 Å². The predicted molar refractivity (Wildman–Crippen MR) is 70.5 cm³/mol. The van der Waals surface area contributed by atoms with E-state index in [9.17, 15) is 0 Å². The molecule has 2 rings (SSSR count). The second-order valence-corrected chi connectivity index (χ2v) is 4.69. The zero-order valence-corrected chi connectivity index (χ0v) is 10.2. The molecule has 0 aliphatic heterocycles. The number of rotatable bonds is 2. The van der Waals surface area contributed by atoms with Gasteiger partial charge in [-0.25, -0.2) is 0 Å². The van der Waals surface area contributed by atoms with E-state index in [1.807, 2.05) is 6.07 Å². The number of hydrogen-bond acceptors (Lipinski definition) is 1. The minimum atomic E-state index is 0.907. The first-order valence-electron chi connectivity index (χ1n) is 4.80. The molecule has 0 nitrogen and oxygen atoms in total. The van der Waals surface area contributed by atoms with Crippen molar-refractivity contribution in [1.29, 1.82) is 0 Å². The SMILES string of the molecule is Cc1cccc(-c2ccccc2P=S)c1. The van der Waals surface area contributed by atoms with E-state index in [4.69, 9.17) is 11.8 Å². The first-order chi connectivity index (χ1) is 7.31. The topological polar surface area (TPSA) is 0 Å². The van der Waals surface area contributed by atoms with Crippen LogP contribution in [0.15, 0.2) is 48.5 Å². The van der Waals surface area contributed by atoms with Crippen LogP contribution in [0.3, 0.4) is 0 Å². The molecule has 0 amide bonds. The molecule has 0 spiro atoms. The summed E-state index contributed by atoms with van der Waals surface area (Å²) in [6.45, 7) is 2.11. The number of hydrogen-bond donors (Lipinski definition) is 0. The Kier molecular flexibility index (Phi) is 3.25. The first kappa shape index (κ1) is 10.5. The van der Waals surface area contributed by atoms with E-state index in [2.05, 4.69) is 49.4 Å². The van der Waals surface area contributed by atoms with Crippen molar-refractivity contribution in [3.8, 4) is 11.1 Å². The van der Waals surface area contributed by atoms with Crippen LogP contribution in [0.25, 0.3) is 11.1 Å². The highest BCUT2D eigenvalue weighted by molar-refractivity contribution is 7.99. The summed E-state index contributed by atoms with van der Waals surface area (Å²) >= 11 is 5.11. The van der Waals surface area contributed by atoms with Crippen molar-refractivity contribution in [2.45, 2.75) is 6.92 Å². The van der Waals surface area contributed by atoms with Crippen LogP contribution in [0.4, 0.5) is 0 Å². The van der Waals surface area contributed by atoms with Gasteiger partial charge in [-0.2, -0.15) is 0 Å². The van der Waals surface area contributed by atoms with Gasteiger partial charge in [0.25, 0.3) is 0 Å². The van der Waals surface area contributed by atoms with Crippen LogP contribution in [0.2, 0.25) is 0 Å². The van der Waals surface area contributed by atoms with E-state index >= 15 is 0 Å². The molecule has 0 fully saturated rings. The predicted octanol–water partition coefficient (Wildman–Crippen LogP) is 3.70.